The first kappa shape index (κ1) is 30.5. The van der Waals surface area contributed by atoms with E-state index < -0.39 is 38.2 Å². The van der Waals surface area contributed by atoms with Gasteiger partial charge < -0.3 is 14.6 Å². The molecule has 0 spiro atoms. The van der Waals surface area contributed by atoms with Crippen molar-refractivity contribution in [2.75, 3.05) is 13.7 Å². The van der Waals surface area contributed by atoms with Gasteiger partial charge in [-0.3, -0.25) is 9.36 Å². The standard InChI is InChI=1S/C30H29FN4O6S/c1-18(2)41-17-26-34-29(36)27(30(37)35(26)25(16-40-4)22-7-5-6-20(14-22)15-32)42(38,39)23-10-8-21(9-11-23)24-12-13-33-28(31)19(24)3/h5-14,18,25,36H,16-17H2,1-4H3. The molecule has 0 saturated heterocycles. The number of pyridine rings is 1. The maximum Gasteiger partial charge on any atom is 0.277 e. The number of ether oxygens (including phenoxy) is 2. The summed E-state index contributed by atoms with van der Waals surface area (Å²) in [4.78, 5) is 20.6. The third kappa shape index (κ3) is 6.08. The molecule has 0 radical (unpaired) electrons. The lowest BCUT2D eigenvalue weighted by atomic mass is 10.0. The van der Waals surface area contributed by atoms with E-state index in [0.29, 0.717) is 27.8 Å². The number of hydrogen-bond donors (Lipinski definition) is 1. The minimum Gasteiger partial charge on any atom is -0.492 e. The van der Waals surface area contributed by atoms with Crippen molar-refractivity contribution >= 4 is 9.84 Å². The molecule has 0 aliphatic rings. The van der Waals surface area contributed by atoms with Crippen LogP contribution in [-0.2, 0) is 25.9 Å². The maximum atomic E-state index is 14.0. The zero-order valence-electron chi connectivity index (χ0n) is 23.4. The van der Waals surface area contributed by atoms with Gasteiger partial charge in [-0.1, -0.05) is 24.3 Å². The topological polar surface area (TPSA) is 144 Å². The highest BCUT2D eigenvalue weighted by Gasteiger charge is 2.32. The Morgan fingerprint density at radius 1 is 1.14 bits per heavy atom. The Labute approximate surface area is 242 Å². The Hall–Kier alpha value is -4.44. The van der Waals surface area contributed by atoms with Gasteiger partial charge in [0.05, 0.1) is 35.3 Å². The molecule has 4 rings (SSSR count). The molecule has 2 heterocycles. The number of rotatable bonds is 10. The zero-order valence-corrected chi connectivity index (χ0v) is 24.2. The van der Waals surface area contributed by atoms with Crippen molar-refractivity contribution in [3.05, 3.63) is 99.6 Å². The molecule has 1 unspecified atom stereocenters. The van der Waals surface area contributed by atoms with Crippen LogP contribution in [0.4, 0.5) is 4.39 Å². The fourth-order valence-corrected chi connectivity index (χ4v) is 5.84. The Bertz CT molecular complexity index is 1820. The molecule has 1 N–H and O–H groups in total. The van der Waals surface area contributed by atoms with Crippen LogP contribution in [-0.4, -0.2) is 47.9 Å². The first-order valence-electron chi connectivity index (χ1n) is 12.9. The number of nitriles is 1. The monoisotopic (exact) mass is 592 g/mol. The fourth-order valence-electron chi connectivity index (χ4n) is 4.50. The number of aromatic hydroxyl groups is 1. The maximum absolute atomic E-state index is 14.0. The van der Waals surface area contributed by atoms with Gasteiger partial charge in [0, 0.05) is 18.9 Å². The molecule has 0 amide bonds. The second-order valence-electron chi connectivity index (χ2n) is 9.73. The summed E-state index contributed by atoms with van der Waals surface area (Å²) in [5.41, 5.74) is 1.13. The summed E-state index contributed by atoms with van der Waals surface area (Å²) in [7, 11) is -3.18. The van der Waals surface area contributed by atoms with Gasteiger partial charge in [0.15, 0.2) is 4.90 Å². The summed E-state index contributed by atoms with van der Waals surface area (Å²) >= 11 is 0. The summed E-state index contributed by atoms with van der Waals surface area (Å²) in [5.74, 6) is -1.65. The summed E-state index contributed by atoms with van der Waals surface area (Å²) in [6.07, 6.45) is 1.04. The molecule has 0 fully saturated rings. The number of halogens is 1. The molecule has 2 aromatic carbocycles. The quantitative estimate of drug-likeness (QED) is 0.266. The number of sulfone groups is 1. The number of aromatic nitrogens is 3. The average Bonchev–Trinajstić information content (AvgIpc) is 2.96. The van der Waals surface area contributed by atoms with E-state index in [-0.39, 0.29) is 30.0 Å². The van der Waals surface area contributed by atoms with Crippen molar-refractivity contribution in [2.24, 2.45) is 0 Å². The lowest BCUT2D eigenvalue weighted by molar-refractivity contribution is 0.0557. The SMILES string of the molecule is COCC(c1cccc(C#N)c1)n1c(COC(C)C)nc(O)c(S(=O)(=O)c2ccc(-c3ccnc(F)c3C)cc2)c1=O. The van der Waals surface area contributed by atoms with Crippen molar-refractivity contribution in [1.82, 2.24) is 14.5 Å². The number of benzene rings is 2. The van der Waals surface area contributed by atoms with Crippen molar-refractivity contribution < 1.29 is 27.4 Å². The predicted octanol–water partition coefficient (Wildman–Crippen LogP) is 4.32. The van der Waals surface area contributed by atoms with Crippen LogP contribution in [0.15, 0.2) is 75.4 Å². The van der Waals surface area contributed by atoms with Gasteiger partial charge in [0.2, 0.25) is 21.7 Å². The molecule has 0 aliphatic heterocycles. The molecule has 10 nitrogen and oxygen atoms in total. The zero-order chi connectivity index (χ0) is 30.6. The molecular weight excluding hydrogens is 563 g/mol. The summed E-state index contributed by atoms with van der Waals surface area (Å²) in [6, 6.07) is 14.7. The number of nitrogens with zero attached hydrogens (tertiary/aromatic N) is 4. The van der Waals surface area contributed by atoms with Crippen LogP contribution < -0.4 is 5.56 Å². The van der Waals surface area contributed by atoms with E-state index in [1.807, 2.05) is 6.07 Å². The van der Waals surface area contributed by atoms with Gasteiger partial charge in [0.1, 0.15) is 12.4 Å². The molecule has 218 valence electrons. The largest absolute Gasteiger partial charge is 0.492 e. The predicted molar refractivity (Wildman–Crippen MR) is 151 cm³/mol. The van der Waals surface area contributed by atoms with Crippen LogP contribution >= 0.6 is 0 Å². The molecule has 0 saturated carbocycles. The highest BCUT2D eigenvalue weighted by atomic mass is 32.2. The molecule has 2 aromatic heterocycles. The summed E-state index contributed by atoms with van der Waals surface area (Å²) in [6.45, 7) is 4.81. The molecule has 12 heteroatoms. The van der Waals surface area contributed by atoms with Crippen molar-refractivity contribution in [1.29, 1.82) is 5.26 Å². The van der Waals surface area contributed by atoms with E-state index in [1.54, 1.807) is 51.1 Å². The van der Waals surface area contributed by atoms with Gasteiger partial charge in [-0.15, -0.1) is 0 Å². The average molecular weight is 593 g/mol. The van der Waals surface area contributed by atoms with Gasteiger partial charge >= 0.3 is 0 Å². The highest BCUT2D eigenvalue weighted by molar-refractivity contribution is 7.91. The van der Waals surface area contributed by atoms with Crippen LogP contribution in [0.1, 0.15) is 42.4 Å². The van der Waals surface area contributed by atoms with Gasteiger partial charge in [-0.25, -0.2) is 13.4 Å². The Balaban J connectivity index is 1.90. The normalized spacial score (nSPS) is 12.3. The molecule has 0 bridgehead atoms. The first-order valence-corrected chi connectivity index (χ1v) is 14.4. The smallest absolute Gasteiger partial charge is 0.277 e. The van der Waals surface area contributed by atoms with Crippen LogP contribution in [0.25, 0.3) is 11.1 Å². The van der Waals surface area contributed by atoms with Crippen LogP contribution in [0.3, 0.4) is 0 Å². The molecular formula is C30H29FN4O6S. The van der Waals surface area contributed by atoms with Crippen LogP contribution in [0.5, 0.6) is 5.88 Å². The van der Waals surface area contributed by atoms with E-state index in [9.17, 15) is 28.0 Å². The minimum absolute atomic E-state index is 0.0277. The Morgan fingerprint density at radius 3 is 2.50 bits per heavy atom. The fraction of sp³-hybridized carbons (Fsp3) is 0.267. The van der Waals surface area contributed by atoms with Crippen molar-refractivity contribution in [3.63, 3.8) is 0 Å². The summed E-state index contributed by atoms with van der Waals surface area (Å²) < 4.78 is 53.8. The number of hydrogen-bond acceptors (Lipinski definition) is 9. The lowest BCUT2D eigenvalue weighted by Crippen LogP contribution is -2.35. The van der Waals surface area contributed by atoms with Crippen LogP contribution in [0, 0.1) is 24.2 Å². The Kier molecular flexibility index (Phi) is 9.16. The Morgan fingerprint density at radius 2 is 1.86 bits per heavy atom. The second kappa shape index (κ2) is 12.6. The molecule has 0 aliphatic carbocycles. The first-order chi connectivity index (χ1) is 20.0. The van der Waals surface area contributed by atoms with Crippen molar-refractivity contribution in [2.45, 2.75) is 49.3 Å². The molecule has 42 heavy (non-hydrogen) atoms. The van der Waals surface area contributed by atoms with E-state index in [0.717, 1.165) is 4.57 Å². The van der Waals surface area contributed by atoms with Gasteiger partial charge in [0.25, 0.3) is 5.56 Å². The third-order valence-corrected chi connectivity index (χ3v) is 8.39. The third-order valence-electron chi connectivity index (χ3n) is 6.60. The van der Waals surface area contributed by atoms with Gasteiger partial charge in [-0.2, -0.15) is 14.6 Å². The van der Waals surface area contributed by atoms with E-state index in [4.69, 9.17) is 9.47 Å². The van der Waals surface area contributed by atoms with Crippen LogP contribution in [0.2, 0.25) is 0 Å². The van der Waals surface area contributed by atoms with E-state index in [2.05, 4.69) is 9.97 Å². The summed E-state index contributed by atoms with van der Waals surface area (Å²) in [5, 5.41) is 20.3. The highest BCUT2D eigenvalue weighted by Crippen LogP contribution is 2.30. The minimum atomic E-state index is -4.60. The van der Waals surface area contributed by atoms with Crippen molar-refractivity contribution in [3.8, 4) is 23.1 Å². The van der Waals surface area contributed by atoms with E-state index >= 15 is 0 Å². The number of methoxy groups -OCH3 is 1. The van der Waals surface area contributed by atoms with Gasteiger partial charge in [-0.05, 0) is 67.8 Å². The van der Waals surface area contributed by atoms with E-state index in [1.165, 1.54) is 37.6 Å². The lowest BCUT2D eigenvalue weighted by Gasteiger charge is -2.24. The second-order valence-corrected chi connectivity index (χ2v) is 11.6. The molecule has 4 aromatic rings. The molecule has 1 atom stereocenters.